The molecule has 0 bridgehead atoms. The van der Waals surface area contributed by atoms with Crippen LogP contribution in [0.15, 0.2) is 22.4 Å². The number of thiophene rings is 1. The van der Waals surface area contributed by atoms with Gasteiger partial charge in [0.2, 0.25) is 5.91 Å². The van der Waals surface area contributed by atoms with E-state index in [9.17, 15) is 14.4 Å². The fourth-order valence-corrected chi connectivity index (χ4v) is 4.41. The van der Waals surface area contributed by atoms with Crippen molar-refractivity contribution in [2.45, 2.75) is 25.7 Å². The van der Waals surface area contributed by atoms with Crippen molar-refractivity contribution in [3.05, 3.63) is 27.3 Å². The van der Waals surface area contributed by atoms with Crippen molar-refractivity contribution in [3.8, 4) is 0 Å². The first-order valence-corrected chi connectivity index (χ1v) is 9.41. The van der Waals surface area contributed by atoms with E-state index >= 15 is 0 Å². The van der Waals surface area contributed by atoms with Crippen molar-refractivity contribution in [3.63, 3.8) is 0 Å². The molecule has 7 heteroatoms. The summed E-state index contributed by atoms with van der Waals surface area (Å²) < 4.78 is 0. The fourth-order valence-electron chi connectivity index (χ4n) is 2.82. The van der Waals surface area contributed by atoms with Crippen molar-refractivity contribution in [2.24, 2.45) is 5.92 Å². The second-order valence-corrected chi connectivity index (χ2v) is 7.59. The summed E-state index contributed by atoms with van der Waals surface area (Å²) in [5.74, 6) is -0.129. The molecule has 0 spiro atoms. The molecule has 23 heavy (non-hydrogen) atoms. The van der Waals surface area contributed by atoms with Gasteiger partial charge in [0, 0.05) is 23.9 Å². The molecule has 0 aromatic carbocycles. The number of thioether (sulfide) groups is 1. The summed E-state index contributed by atoms with van der Waals surface area (Å²) in [6, 6.07) is 3.81. The van der Waals surface area contributed by atoms with Gasteiger partial charge in [-0.15, -0.1) is 11.3 Å². The summed E-state index contributed by atoms with van der Waals surface area (Å²) >= 11 is 2.48. The molecule has 5 nitrogen and oxygen atoms in total. The average molecular weight is 350 g/mol. The highest BCUT2D eigenvalue weighted by Gasteiger charge is 2.34. The highest BCUT2D eigenvalue weighted by atomic mass is 32.2. The minimum Gasteiger partial charge on any atom is -0.354 e. The summed E-state index contributed by atoms with van der Waals surface area (Å²) in [7, 11) is 0. The summed E-state index contributed by atoms with van der Waals surface area (Å²) in [4.78, 5) is 38.8. The molecule has 1 aromatic rings. The summed E-state index contributed by atoms with van der Waals surface area (Å²) in [5, 5.41) is 4.50. The predicted molar refractivity (Wildman–Crippen MR) is 92.0 cm³/mol. The molecule has 122 valence electrons. The zero-order valence-electron chi connectivity index (χ0n) is 12.6. The van der Waals surface area contributed by atoms with Crippen LogP contribution in [0.2, 0.25) is 0 Å². The van der Waals surface area contributed by atoms with Crippen LogP contribution >= 0.6 is 23.1 Å². The molecule has 0 atom stereocenters. The van der Waals surface area contributed by atoms with E-state index in [2.05, 4.69) is 5.32 Å². The van der Waals surface area contributed by atoms with Gasteiger partial charge in [0.25, 0.3) is 11.1 Å². The molecule has 1 aliphatic carbocycles. The van der Waals surface area contributed by atoms with Crippen LogP contribution in [0, 0.1) is 5.92 Å². The Balaban J connectivity index is 1.53. The molecule has 3 amide bonds. The molecule has 3 rings (SSSR count). The van der Waals surface area contributed by atoms with E-state index < -0.39 is 0 Å². The molecule has 2 heterocycles. The number of carbonyl (C=O) groups excluding carboxylic acids is 3. The minimum atomic E-state index is -0.275. The zero-order valence-corrected chi connectivity index (χ0v) is 14.3. The van der Waals surface area contributed by atoms with Gasteiger partial charge in [0.15, 0.2) is 0 Å². The number of rotatable bonds is 5. The second kappa shape index (κ2) is 7.31. The zero-order chi connectivity index (χ0) is 16.2. The van der Waals surface area contributed by atoms with Crippen molar-refractivity contribution < 1.29 is 14.4 Å². The van der Waals surface area contributed by atoms with Gasteiger partial charge in [-0.25, -0.2) is 0 Å². The number of carbonyl (C=O) groups is 3. The SMILES string of the molecule is O=C(NCCN1C(=O)SC(=Cc2cccs2)C1=O)C1CCCC1. The Morgan fingerprint density at radius 2 is 2.13 bits per heavy atom. The maximum absolute atomic E-state index is 12.3. The molecular formula is C16H18N2O3S2. The van der Waals surface area contributed by atoms with Crippen LogP contribution in [0.1, 0.15) is 30.6 Å². The normalized spacial score (nSPS) is 20.7. The third-order valence-electron chi connectivity index (χ3n) is 4.05. The number of imide groups is 1. The second-order valence-electron chi connectivity index (χ2n) is 5.62. The monoisotopic (exact) mass is 350 g/mol. The Bertz CT molecular complexity index is 634. The largest absolute Gasteiger partial charge is 0.354 e. The Morgan fingerprint density at radius 3 is 2.83 bits per heavy atom. The summed E-state index contributed by atoms with van der Waals surface area (Å²) in [6.45, 7) is 0.546. The van der Waals surface area contributed by atoms with Gasteiger partial charge < -0.3 is 5.32 Å². The first-order chi connectivity index (χ1) is 11.1. The molecule has 2 fully saturated rings. The van der Waals surface area contributed by atoms with Crippen molar-refractivity contribution in [1.29, 1.82) is 0 Å². The van der Waals surface area contributed by atoms with Crippen LogP contribution in [-0.2, 0) is 9.59 Å². The van der Waals surface area contributed by atoms with Crippen molar-refractivity contribution in [2.75, 3.05) is 13.1 Å². The Morgan fingerprint density at radius 1 is 1.35 bits per heavy atom. The van der Waals surface area contributed by atoms with Gasteiger partial charge in [-0.2, -0.15) is 0 Å². The van der Waals surface area contributed by atoms with E-state index in [1.165, 1.54) is 16.2 Å². The third-order valence-corrected chi connectivity index (χ3v) is 5.78. The number of nitrogens with one attached hydrogen (secondary N) is 1. The van der Waals surface area contributed by atoms with Gasteiger partial charge in [0.05, 0.1) is 4.91 Å². The van der Waals surface area contributed by atoms with Crippen molar-refractivity contribution >= 4 is 46.2 Å². The number of hydrogen-bond donors (Lipinski definition) is 1. The molecule has 1 saturated carbocycles. The highest BCUT2D eigenvalue weighted by molar-refractivity contribution is 8.18. The number of nitrogens with zero attached hydrogens (tertiary/aromatic N) is 1. The van der Waals surface area contributed by atoms with Gasteiger partial charge in [-0.05, 0) is 42.1 Å². The fraction of sp³-hybridized carbons (Fsp3) is 0.438. The highest BCUT2D eigenvalue weighted by Crippen LogP contribution is 2.32. The summed E-state index contributed by atoms with van der Waals surface area (Å²) in [6.07, 6.45) is 5.84. The lowest BCUT2D eigenvalue weighted by Gasteiger charge is -2.14. The minimum absolute atomic E-state index is 0.0450. The van der Waals surface area contributed by atoms with E-state index in [0.717, 1.165) is 42.3 Å². The molecule has 1 aliphatic heterocycles. The quantitative estimate of drug-likeness (QED) is 0.829. The predicted octanol–water partition coefficient (Wildman–Crippen LogP) is 3.09. The Kier molecular flexibility index (Phi) is 5.17. The van der Waals surface area contributed by atoms with E-state index in [1.54, 1.807) is 6.08 Å². The van der Waals surface area contributed by atoms with E-state index in [1.807, 2.05) is 17.5 Å². The standard InChI is InChI=1S/C16H18N2O3S2/c19-14(11-4-1-2-5-11)17-7-8-18-15(20)13(23-16(18)21)10-12-6-3-9-22-12/h3,6,9-11H,1-2,4-5,7-8H2,(H,17,19). The third kappa shape index (κ3) is 3.84. The van der Waals surface area contributed by atoms with Crippen LogP contribution < -0.4 is 5.32 Å². The lowest BCUT2D eigenvalue weighted by Crippen LogP contribution is -2.39. The lowest BCUT2D eigenvalue weighted by atomic mass is 10.1. The van der Waals surface area contributed by atoms with Crippen molar-refractivity contribution in [1.82, 2.24) is 10.2 Å². The van der Waals surface area contributed by atoms with Crippen LogP contribution in [-0.4, -0.2) is 35.0 Å². The maximum Gasteiger partial charge on any atom is 0.293 e. The van der Waals surface area contributed by atoms with Gasteiger partial charge in [-0.1, -0.05) is 18.9 Å². The van der Waals surface area contributed by atoms with Crippen LogP contribution in [0.3, 0.4) is 0 Å². The molecular weight excluding hydrogens is 332 g/mol. The Labute approximate surface area is 143 Å². The number of amides is 3. The van der Waals surface area contributed by atoms with Crippen LogP contribution in [0.5, 0.6) is 0 Å². The molecule has 1 saturated heterocycles. The van der Waals surface area contributed by atoms with Crippen LogP contribution in [0.25, 0.3) is 6.08 Å². The molecule has 1 aromatic heterocycles. The average Bonchev–Trinajstić information content (AvgIpc) is 3.26. The van der Waals surface area contributed by atoms with E-state index in [0.29, 0.717) is 11.4 Å². The maximum atomic E-state index is 12.3. The van der Waals surface area contributed by atoms with E-state index in [4.69, 9.17) is 0 Å². The molecule has 1 N–H and O–H groups in total. The van der Waals surface area contributed by atoms with Gasteiger partial charge >= 0.3 is 0 Å². The molecule has 2 aliphatic rings. The first kappa shape index (κ1) is 16.3. The Hall–Kier alpha value is -1.60. The number of hydrogen-bond acceptors (Lipinski definition) is 5. The first-order valence-electron chi connectivity index (χ1n) is 7.72. The van der Waals surface area contributed by atoms with Gasteiger partial charge in [0.1, 0.15) is 0 Å². The topological polar surface area (TPSA) is 66.5 Å². The van der Waals surface area contributed by atoms with E-state index in [-0.39, 0.29) is 29.5 Å². The lowest BCUT2D eigenvalue weighted by molar-refractivity contribution is -0.126. The summed E-state index contributed by atoms with van der Waals surface area (Å²) in [5.41, 5.74) is 0. The smallest absolute Gasteiger partial charge is 0.293 e. The van der Waals surface area contributed by atoms with Gasteiger partial charge in [-0.3, -0.25) is 19.3 Å². The molecule has 0 unspecified atom stereocenters. The molecule has 0 radical (unpaired) electrons. The van der Waals surface area contributed by atoms with Crippen LogP contribution in [0.4, 0.5) is 4.79 Å².